The van der Waals surface area contributed by atoms with Crippen molar-refractivity contribution in [2.75, 3.05) is 12.8 Å². The molecule has 0 fully saturated rings. The average molecular weight is 248 g/mol. The van der Waals surface area contributed by atoms with Crippen molar-refractivity contribution in [3.8, 4) is 0 Å². The smallest absolute Gasteiger partial charge is 0.359 e. The molecule has 0 radical (unpaired) electrons. The van der Waals surface area contributed by atoms with Gasteiger partial charge < -0.3 is 10.5 Å². The summed E-state index contributed by atoms with van der Waals surface area (Å²) in [4.78, 5) is 15.8. The number of methoxy groups -OCH3 is 1. The van der Waals surface area contributed by atoms with Gasteiger partial charge in [-0.2, -0.15) is 5.10 Å². The number of benzene rings is 1. The van der Waals surface area contributed by atoms with Gasteiger partial charge in [-0.3, -0.25) is 5.10 Å². The number of hydrogen-bond acceptors (Lipinski definition) is 6. The first kappa shape index (κ1) is 10.0. The van der Waals surface area contributed by atoms with E-state index < -0.39 is 5.97 Å². The summed E-state index contributed by atoms with van der Waals surface area (Å²) in [6.45, 7) is 0. The molecule has 0 aliphatic rings. The monoisotopic (exact) mass is 248 g/mol. The molecule has 0 spiro atoms. The van der Waals surface area contributed by atoms with Crippen LogP contribution in [0.15, 0.2) is 12.1 Å². The first-order valence-electron chi connectivity index (χ1n) is 4.82. The van der Waals surface area contributed by atoms with Crippen molar-refractivity contribution < 1.29 is 9.53 Å². The first-order chi connectivity index (χ1) is 8.20. The fourth-order valence-electron chi connectivity index (χ4n) is 1.75. The molecule has 6 nitrogen and oxygen atoms in total. The highest BCUT2D eigenvalue weighted by atomic mass is 32.1. The maximum absolute atomic E-state index is 11.6. The van der Waals surface area contributed by atoms with E-state index in [1.807, 2.05) is 12.1 Å². The third kappa shape index (κ3) is 1.36. The van der Waals surface area contributed by atoms with Crippen LogP contribution >= 0.6 is 11.3 Å². The topological polar surface area (TPSA) is 93.9 Å². The number of H-pyrrole nitrogens is 1. The standard InChI is InChI=1S/C10H8N4O2S/c1-16-9(15)7-6-4(13-14-7)2-3-5-8(6)17-10(11)12-5/h2-3H,1H3,(H2,11,12)(H,13,14). The summed E-state index contributed by atoms with van der Waals surface area (Å²) < 4.78 is 5.53. The third-order valence-corrected chi connectivity index (χ3v) is 3.40. The van der Waals surface area contributed by atoms with Gasteiger partial charge in [-0.1, -0.05) is 11.3 Å². The Balaban J connectivity index is 2.45. The molecular formula is C10H8N4O2S. The van der Waals surface area contributed by atoms with Gasteiger partial charge in [0.2, 0.25) is 0 Å². The lowest BCUT2D eigenvalue weighted by Crippen LogP contribution is -2.01. The molecule has 86 valence electrons. The minimum Gasteiger partial charge on any atom is -0.464 e. The largest absolute Gasteiger partial charge is 0.464 e. The van der Waals surface area contributed by atoms with Crippen LogP contribution in [0.5, 0.6) is 0 Å². The van der Waals surface area contributed by atoms with E-state index in [9.17, 15) is 4.79 Å². The summed E-state index contributed by atoms with van der Waals surface area (Å²) in [7, 11) is 1.32. The molecule has 0 aliphatic heterocycles. The number of carbonyl (C=O) groups excluding carboxylic acids is 1. The summed E-state index contributed by atoms with van der Waals surface area (Å²) >= 11 is 1.33. The fraction of sp³-hybridized carbons (Fsp3) is 0.100. The van der Waals surface area contributed by atoms with Crippen LogP contribution in [0.2, 0.25) is 0 Å². The summed E-state index contributed by atoms with van der Waals surface area (Å²) in [5.41, 5.74) is 7.45. The Kier molecular flexibility index (Phi) is 2.02. The van der Waals surface area contributed by atoms with Crippen LogP contribution < -0.4 is 5.73 Å². The van der Waals surface area contributed by atoms with Gasteiger partial charge in [-0.25, -0.2) is 9.78 Å². The summed E-state index contributed by atoms with van der Waals surface area (Å²) in [6, 6.07) is 3.65. The zero-order valence-electron chi connectivity index (χ0n) is 8.85. The van der Waals surface area contributed by atoms with Gasteiger partial charge in [-0.05, 0) is 12.1 Å². The second-order valence-corrected chi connectivity index (χ2v) is 4.48. The van der Waals surface area contributed by atoms with Crippen LogP contribution in [-0.4, -0.2) is 28.3 Å². The zero-order chi connectivity index (χ0) is 12.0. The van der Waals surface area contributed by atoms with Crippen molar-refractivity contribution in [2.24, 2.45) is 0 Å². The molecule has 0 unspecified atom stereocenters. The molecule has 3 aromatic rings. The van der Waals surface area contributed by atoms with Gasteiger partial charge in [-0.15, -0.1) is 0 Å². The Morgan fingerprint density at radius 3 is 3.12 bits per heavy atom. The molecule has 0 saturated heterocycles. The normalized spacial score (nSPS) is 11.1. The van der Waals surface area contributed by atoms with Crippen LogP contribution in [0.25, 0.3) is 21.1 Å². The second kappa shape index (κ2) is 3.42. The number of rotatable bonds is 1. The molecule has 0 bridgehead atoms. The Hall–Kier alpha value is -2.15. The minimum absolute atomic E-state index is 0.261. The van der Waals surface area contributed by atoms with Crippen molar-refractivity contribution in [3.05, 3.63) is 17.8 Å². The van der Waals surface area contributed by atoms with Crippen LogP contribution in [0.4, 0.5) is 5.13 Å². The predicted molar refractivity (Wildman–Crippen MR) is 65.0 cm³/mol. The molecule has 7 heteroatoms. The summed E-state index contributed by atoms with van der Waals surface area (Å²) in [6.07, 6.45) is 0. The van der Waals surface area contributed by atoms with Crippen LogP contribution in [0.1, 0.15) is 10.5 Å². The van der Waals surface area contributed by atoms with Crippen molar-refractivity contribution >= 4 is 43.6 Å². The van der Waals surface area contributed by atoms with E-state index in [-0.39, 0.29) is 5.69 Å². The van der Waals surface area contributed by atoms with Gasteiger partial charge in [0.25, 0.3) is 0 Å². The number of anilines is 1. The minimum atomic E-state index is -0.476. The molecule has 17 heavy (non-hydrogen) atoms. The predicted octanol–water partition coefficient (Wildman–Crippen LogP) is 1.54. The zero-order valence-corrected chi connectivity index (χ0v) is 9.67. The lowest BCUT2D eigenvalue weighted by molar-refractivity contribution is 0.0596. The molecule has 0 atom stereocenters. The number of esters is 1. The maximum atomic E-state index is 11.6. The van der Waals surface area contributed by atoms with E-state index in [0.29, 0.717) is 10.5 Å². The SMILES string of the molecule is COC(=O)c1n[nH]c2ccc3nc(N)sc3c12. The van der Waals surface area contributed by atoms with Gasteiger partial charge in [0.05, 0.1) is 28.2 Å². The van der Waals surface area contributed by atoms with Gasteiger partial charge in [0, 0.05) is 0 Å². The molecule has 1 aromatic carbocycles. The number of nitrogen functional groups attached to an aromatic ring is 1. The Bertz CT molecular complexity index is 730. The Morgan fingerprint density at radius 2 is 2.35 bits per heavy atom. The third-order valence-electron chi connectivity index (χ3n) is 2.48. The number of aromatic nitrogens is 3. The van der Waals surface area contributed by atoms with E-state index in [1.165, 1.54) is 18.4 Å². The molecule has 0 amide bonds. The molecule has 3 N–H and O–H groups in total. The Labute approximate surface area is 99.4 Å². The van der Waals surface area contributed by atoms with Crippen molar-refractivity contribution in [1.29, 1.82) is 0 Å². The number of nitrogens with zero attached hydrogens (tertiary/aromatic N) is 2. The second-order valence-electron chi connectivity index (χ2n) is 3.45. The van der Waals surface area contributed by atoms with E-state index in [0.717, 1.165) is 15.7 Å². The number of carbonyl (C=O) groups is 1. The molecule has 3 rings (SSSR count). The van der Waals surface area contributed by atoms with Crippen LogP contribution in [-0.2, 0) is 4.74 Å². The van der Waals surface area contributed by atoms with Crippen molar-refractivity contribution in [2.45, 2.75) is 0 Å². The lowest BCUT2D eigenvalue weighted by Gasteiger charge is -1.95. The average Bonchev–Trinajstić information content (AvgIpc) is 2.89. The lowest BCUT2D eigenvalue weighted by atomic mass is 10.2. The van der Waals surface area contributed by atoms with Gasteiger partial charge >= 0.3 is 5.97 Å². The van der Waals surface area contributed by atoms with E-state index >= 15 is 0 Å². The number of nitrogens with one attached hydrogen (secondary N) is 1. The van der Waals surface area contributed by atoms with Crippen molar-refractivity contribution in [3.63, 3.8) is 0 Å². The highest BCUT2D eigenvalue weighted by molar-refractivity contribution is 7.23. The fourth-order valence-corrected chi connectivity index (χ4v) is 2.63. The molecule has 2 heterocycles. The van der Waals surface area contributed by atoms with Gasteiger partial charge in [0.15, 0.2) is 10.8 Å². The number of ether oxygens (including phenoxy) is 1. The maximum Gasteiger partial charge on any atom is 0.359 e. The summed E-state index contributed by atoms with van der Waals surface area (Å²) in [5, 5.41) is 7.93. The quantitative estimate of drug-likeness (QED) is 0.637. The molecule has 0 saturated carbocycles. The van der Waals surface area contributed by atoms with Gasteiger partial charge in [0.1, 0.15) is 0 Å². The highest BCUT2D eigenvalue weighted by Crippen LogP contribution is 2.32. The number of nitrogens with two attached hydrogens (primary N) is 1. The molecule has 0 aliphatic carbocycles. The molecular weight excluding hydrogens is 240 g/mol. The van der Waals surface area contributed by atoms with Crippen LogP contribution in [0, 0.1) is 0 Å². The first-order valence-corrected chi connectivity index (χ1v) is 5.64. The summed E-state index contributed by atoms with van der Waals surface area (Å²) in [5.74, 6) is -0.476. The molecule has 2 aromatic heterocycles. The number of thiazole rings is 1. The Morgan fingerprint density at radius 1 is 1.53 bits per heavy atom. The van der Waals surface area contributed by atoms with E-state index in [1.54, 1.807) is 0 Å². The van der Waals surface area contributed by atoms with Crippen molar-refractivity contribution in [1.82, 2.24) is 15.2 Å². The number of aromatic amines is 1. The number of hydrogen-bond donors (Lipinski definition) is 2. The van der Waals surface area contributed by atoms with E-state index in [4.69, 9.17) is 5.73 Å². The number of fused-ring (bicyclic) bond motifs is 3. The van der Waals surface area contributed by atoms with E-state index in [2.05, 4.69) is 19.9 Å². The highest BCUT2D eigenvalue weighted by Gasteiger charge is 2.18. The van der Waals surface area contributed by atoms with Crippen LogP contribution in [0.3, 0.4) is 0 Å².